The molecule has 0 aliphatic carbocycles. The van der Waals surface area contributed by atoms with Gasteiger partial charge in [0, 0.05) is 23.8 Å². The molecule has 8 nitrogen and oxygen atoms in total. The van der Waals surface area contributed by atoms with Crippen LogP contribution in [0.3, 0.4) is 0 Å². The number of hydrogen-bond donors (Lipinski definition) is 4. The SMILES string of the molecule is O=[N+]([O-])c1ccc(CSC2OC(CO)[C@H](CO)[C@H](O)[C@@H]2O)cc1. The molecule has 0 aromatic heterocycles. The lowest BCUT2D eigenvalue weighted by Gasteiger charge is -2.41. The van der Waals surface area contributed by atoms with Crippen molar-refractivity contribution >= 4 is 17.4 Å². The lowest BCUT2D eigenvalue weighted by Crippen LogP contribution is -2.55. The molecule has 1 heterocycles. The van der Waals surface area contributed by atoms with Crippen molar-refractivity contribution in [2.75, 3.05) is 13.2 Å². The summed E-state index contributed by atoms with van der Waals surface area (Å²) < 4.78 is 5.54. The molecule has 1 saturated heterocycles. The molecule has 4 N–H and O–H groups in total. The second kappa shape index (κ2) is 8.04. The van der Waals surface area contributed by atoms with Crippen LogP contribution < -0.4 is 0 Å². The van der Waals surface area contributed by atoms with Gasteiger partial charge in [0.1, 0.15) is 11.5 Å². The molecule has 0 radical (unpaired) electrons. The molecular formula is C14H19NO7S. The van der Waals surface area contributed by atoms with Crippen molar-refractivity contribution in [1.29, 1.82) is 0 Å². The number of nitro groups is 1. The predicted octanol–water partition coefficient (Wildman–Crippen LogP) is -0.125. The van der Waals surface area contributed by atoms with E-state index in [9.17, 15) is 30.5 Å². The number of non-ortho nitro benzene ring substituents is 1. The number of thioether (sulfide) groups is 1. The average Bonchev–Trinajstić information content (AvgIpc) is 2.56. The minimum Gasteiger partial charge on any atom is -0.396 e. The fourth-order valence-corrected chi connectivity index (χ4v) is 3.55. The zero-order chi connectivity index (χ0) is 17.0. The Morgan fingerprint density at radius 3 is 2.30 bits per heavy atom. The standard InChI is InChI=1S/C14H19NO7S/c16-5-10-11(6-17)22-14(13(19)12(10)18)23-7-8-1-3-9(4-2-8)15(20)21/h1-4,10-14,16-19H,5-7H2/t10-,11?,12-,13-,14?/m0/s1. The Balaban J connectivity index is 1.97. The van der Waals surface area contributed by atoms with Gasteiger partial charge in [-0.05, 0) is 5.56 Å². The lowest BCUT2D eigenvalue weighted by molar-refractivity contribution is -0.384. The molecule has 128 valence electrons. The summed E-state index contributed by atoms with van der Waals surface area (Å²) in [5.74, 6) is -0.333. The maximum absolute atomic E-state index is 10.6. The van der Waals surface area contributed by atoms with Crippen LogP contribution in [0.4, 0.5) is 5.69 Å². The van der Waals surface area contributed by atoms with Crippen LogP contribution in [-0.2, 0) is 10.5 Å². The van der Waals surface area contributed by atoms with Gasteiger partial charge in [0.25, 0.3) is 5.69 Å². The molecule has 1 aliphatic heterocycles. The number of aliphatic hydroxyl groups excluding tert-OH is 4. The highest BCUT2D eigenvalue weighted by Crippen LogP contribution is 2.33. The highest BCUT2D eigenvalue weighted by atomic mass is 32.2. The summed E-state index contributed by atoms with van der Waals surface area (Å²) in [6.07, 6.45) is -3.15. The molecule has 0 amide bonds. The first kappa shape index (κ1) is 18.1. The third kappa shape index (κ3) is 4.19. The topological polar surface area (TPSA) is 133 Å². The van der Waals surface area contributed by atoms with Crippen molar-refractivity contribution in [2.45, 2.75) is 29.5 Å². The molecular weight excluding hydrogens is 326 g/mol. The monoisotopic (exact) mass is 345 g/mol. The van der Waals surface area contributed by atoms with E-state index in [4.69, 9.17) is 4.74 Å². The van der Waals surface area contributed by atoms with Gasteiger partial charge in [0.15, 0.2) is 0 Å². The predicted molar refractivity (Wildman–Crippen MR) is 82.7 cm³/mol. The van der Waals surface area contributed by atoms with Gasteiger partial charge >= 0.3 is 0 Å². The van der Waals surface area contributed by atoms with Crippen LogP contribution >= 0.6 is 11.8 Å². The zero-order valence-electron chi connectivity index (χ0n) is 12.2. The van der Waals surface area contributed by atoms with Gasteiger partial charge < -0.3 is 25.2 Å². The third-order valence-corrected chi connectivity index (χ3v) is 5.02. The summed E-state index contributed by atoms with van der Waals surface area (Å²) in [7, 11) is 0. The van der Waals surface area contributed by atoms with E-state index in [1.54, 1.807) is 12.1 Å². The van der Waals surface area contributed by atoms with Gasteiger partial charge in [-0.15, -0.1) is 11.8 Å². The van der Waals surface area contributed by atoms with Crippen LogP contribution in [0.2, 0.25) is 0 Å². The van der Waals surface area contributed by atoms with Crippen LogP contribution in [0.15, 0.2) is 24.3 Å². The van der Waals surface area contributed by atoms with E-state index >= 15 is 0 Å². The summed E-state index contributed by atoms with van der Waals surface area (Å²) in [5, 5.41) is 49.2. The molecule has 2 rings (SSSR count). The molecule has 1 fully saturated rings. The number of hydrogen-bond acceptors (Lipinski definition) is 8. The van der Waals surface area contributed by atoms with E-state index in [1.807, 2.05) is 0 Å². The smallest absolute Gasteiger partial charge is 0.269 e. The number of aliphatic hydroxyl groups is 4. The van der Waals surface area contributed by atoms with E-state index in [0.717, 1.165) is 5.56 Å². The van der Waals surface area contributed by atoms with Crippen molar-refractivity contribution in [2.24, 2.45) is 5.92 Å². The molecule has 2 unspecified atom stereocenters. The minimum atomic E-state index is -1.20. The van der Waals surface area contributed by atoms with Crippen molar-refractivity contribution < 1.29 is 30.1 Å². The molecule has 1 aliphatic rings. The maximum Gasteiger partial charge on any atom is 0.269 e. The highest BCUT2D eigenvalue weighted by molar-refractivity contribution is 7.99. The Morgan fingerprint density at radius 2 is 1.78 bits per heavy atom. The average molecular weight is 345 g/mol. The van der Waals surface area contributed by atoms with Gasteiger partial charge in [-0.1, -0.05) is 12.1 Å². The van der Waals surface area contributed by atoms with Gasteiger partial charge in [-0.2, -0.15) is 0 Å². The Bertz CT molecular complexity index is 524. The number of benzene rings is 1. The second-order valence-electron chi connectivity index (χ2n) is 5.29. The maximum atomic E-state index is 10.6. The normalized spacial score (nSPS) is 31.0. The first-order chi connectivity index (χ1) is 11.0. The summed E-state index contributed by atoms with van der Waals surface area (Å²) in [4.78, 5) is 10.1. The Labute approximate surface area is 136 Å². The summed E-state index contributed by atoms with van der Waals surface area (Å²) in [6, 6.07) is 6.00. The zero-order valence-corrected chi connectivity index (χ0v) is 13.0. The first-order valence-electron chi connectivity index (χ1n) is 7.06. The second-order valence-corrected chi connectivity index (χ2v) is 6.37. The lowest BCUT2D eigenvalue weighted by atomic mass is 9.91. The summed E-state index contributed by atoms with van der Waals surface area (Å²) >= 11 is 1.21. The number of rotatable bonds is 6. The highest BCUT2D eigenvalue weighted by Gasteiger charge is 2.43. The molecule has 1 aromatic carbocycles. The Morgan fingerprint density at radius 1 is 1.13 bits per heavy atom. The van der Waals surface area contributed by atoms with Crippen molar-refractivity contribution in [1.82, 2.24) is 0 Å². The van der Waals surface area contributed by atoms with Gasteiger partial charge in [0.05, 0.1) is 30.3 Å². The van der Waals surface area contributed by atoms with E-state index in [2.05, 4.69) is 0 Å². The quantitative estimate of drug-likeness (QED) is 0.414. The van der Waals surface area contributed by atoms with Crippen molar-refractivity contribution in [3.63, 3.8) is 0 Å². The fraction of sp³-hybridized carbons (Fsp3) is 0.571. The Hall–Kier alpha value is -1.23. The van der Waals surface area contributed by atoms with Crippen LogP contribution in [0, 0.1) is 16.0 Å². The van der Waals surface area contributed by atoms with Gasteiger partial charge in [-0.3, -0.25) is 10.1 Å². The van der Waals surface area contributed by atoms with E-state index in [0.29, 0.717) is 5.75 Å². The van der Waals surface area contributed by atoms with Crippen LogP contribution in [0.5, 0.6) is 0 Å². The molecule has 9 heteroatoms. The van der Waals surface area contributed by atoms with Crippen molar-refractivity contribution in [3.8, 4) is 0 Å². The van der Waals surface area contributed by atoms with Crippen molar-refractivity contribution in [3.05, 3.63) is 39.9 Å². The largest absolute Gasteiger partial charge is 0.396 e. The minimum absolute atomic E-state index is 0.00532. The fourth-order valence-electron chi connectivity index (χ4n) is 2.42. The van der Waals surface area contributed by atoms with E-state index in [-0.39, 0.29) is 12.3 Å². The number of nitro benzene ring substituents is 1. The first-order valence-corrected chi connectivity index (χ1v) is 8.11. The molecule has 0 saturated carbocycles. The molecule has 23 heavy (non-hydrogen) atoms. The third-order valence-electron chi connectivity index (χ3n) is 3.81. The molecule has 1 aromatic rings. The molecule has 0 bridgehead atoms. The van der Waals surface area contributed by atoms with Gasteiger partial charge in [-0.25, -0.2) is 0 Å². The Kier molecular flexibility index (Phi) is 6.33. The van der Waals surface area contributed by atoms with Gasteiger partial charge in [0.2, 0.25) is 0 Å². The summed E-state index contributed by atoms with van der Waals surface area (Å²) in [5.41, 5.74) is 0.0325. The summed E-state index contributed by atoms with van der Waals surface area (Å²) in [6.45, 7) is -0.771. The van der Waals surface area contributed by atoms with E-state index < -0.39 is 41.2 Å². The number of nitrogens with zero attached hydrogens (tertiary/aromatic N) is 1. The molecule has 0 spiro atoms. The number of ether oxygens (including phenoxy) is 1. The van der Waals surface area contributed by atoms with Crippen LogP contribution in [-0.4, -0.2) is 62.3 Å². The van der Waals surface area contributed by atoms with E-state index in [1.165, 1.54) is 23.9 Å². The molecule has 5 atom stereocenters. The van der Waals surface area contributed by atoms with Crippen LogP contribution in [0.1, 0.15) is 5.56 Å². The van der Waals surface area contributed by atoms with Crippen LogP contribution in [0.25, 0.3) is 0 Å².